The molecule has 0 aliphatic carbocycles. The highest BCUT2D eigenvalue weighted by Crippen LogP contribution is 2.14. The number of hydrogen-bond donors (Lipinski definition) is 3. The quantitative estimate of drug-likeness (QED) is 0.0105. The maximum atomic E-state index is 12.8. The summed E-state index contributed by atoms with van der Waals surface area (Å²) in [6, 6.07) is -0.558. The van der Waals surface area contributed by atoms with Crippen LogP contribution in [0.4, 0.5) is 0 Å². The van der Waals surface area contributed by atoms with Crippen LogP contribution in [0.25, 0.3) is 0 Å². The highest BCUT2D eigenvalue weighted by molar-refractivity contribution is 14.2. The first-order chi connectivity index (χ1) is 29.3. The summed E-state index contributed by atoms with van der Waals surface area (Å²) in [6.45, 7) is 4.45. The van der Waals surface area contributed by atoms with Gasteiger partial charge in [0.15, 0.2) is 5.78 Å². The summed E-state index contributed by atoms with van der Waals surface area (Å²) in [5.74, 6) is -1.39. The third kappa shape index (κ3) is 42.6. The number of esters is 2. The van der Waals surface area contributed by atoms with E-state index in [2.05, 4.69) is 64.2 Å². The largest absolute Gasteiger partial charge is 0.428 e. The van der Waals surface area contributed by atoms with E-state index in [-0.39, 0.29) is 30.4 Å². The highest BCUT2D eigenvalue weighted by atomic mass is 127. The number of amides is 2. The molecule has 10 nitrogen and oxygen atoms in total. The van der Waals surface area contributed by atoms with Crippen LogP contribution in [0.1, 0.15) is 226 Å². The van der Waals surface area contributed by atoms with Crippen LogP contribution in [0.15, 0.2) is 26.9 Å². The molecule has 0 spiro atoms. The van der Waals surface area contributed by atoms with Gasteiger partial charge in [0.25, 0.3) is 0 Å². The fourth-order valence-electron chi connectivity index (χ4n) is 6.77. The SMILES string of the molecule is CCCCCCCC/C=C/CCCCCCCC(=O)NC(CCCCNC(=O)CCC(=O)OCOC(=O)CCCCCCC/C=C/CCCCCCCC)C(=O)CI=NS. The molecule has 0 heterocycles. The van der Waals surface area contributed by atoms with Gasteiger partial charge >= 0.3 is 11.9 Å². The third-order valence-corrected chi connectivity index (χ3v) is 12.6. The number of carbonyl (C=O) groups is 5. The second-order valence-electron chi connectivity index (χ2n) is 16.1. The molecule has 0 aromatic rings. The topological polar surface area (TPSA) is 140 Å². The highest BCUT2D eigenvalue weighted by Gasteiger charge is 2.20. The van der Waals surface area contributed by atoms with Crippen molar-refractivity contribution >= 4 is 63.4 Å². The van der Waals surface area contributed by atoms with E-state index >= 15 is 0 Å². The molecule has 0 fully saturated rings. The van der Waals surface area contributed by atoms with Crippen LogP contribution in [0.5, 0.6) is 0 Å². The molecule has 348 valence electrons. The molecule has 2 N–H and O–H groups in total. The van der Waals surface area contributed by atoms with Crippen molar-refractivity contribution in [2.45, 2.75) is 232 Å². The van der Waals surface area contributed by atoms with Gasteiger partial charge in [-0.1, -0.05) is 141 Å². The Morgan fingerprint density at radius 1 is 0.533 bits per heavy atom. The van der Waals surface area contributed by atoms with Gasteiger partial charge in [0.05, 0.1) is 16.9 Å². The van der Waals surface area contributed by atoms with Gasteiger partial charge in [-0.25, -0.2) is 0 Å². The normalized spacial score (nSPS) is 12.2. The predicted octanol–water partition coefficient (Wildman–Crippen LogP) is 13.2. The van der Waals surface area contributed by atoms with Crippen LogP contribution in [-0.4, -0.2) is 53.3 Å². The van der Waals surface area contributed by atoms with Crippen LogP contribution >= 0.6 is 33.8 Å². The van der Waals surface area contributed by atoms with Gasteiger partial charge in [-0.05, 0) is 96.3 Å². The molecule has 0 aromatic heterocycles. The zero-order valence-electron chi connectivity index (χ0n) is 38.0. The number of nitrogens with zero attached hydrogens (tertiary/aromatic N) is 1. The summed E-state index contributed by atoms with van der Waals surface area (Å²) in [5, 5.41) is 5.74. The number of allylic oxidation sites excluding steroid dienone is 4. The number of hydrogen-bond acceptors (Lipinski definition) is 9. The van der Waals surface area contributed by atoms with E-state index in [0.29, 0.717) is 43.1 Å². The molecule has 0 bridgehead atoms. The molecule has 0 aromatic carbocycles. The van der Waals surface area contributed by atoms with Crippen molar-refractivity contribution in [2.75, 3.05) is 17.8 Å². The van der Waals surface area contributed by atoms with E-state index in [1.54, 1.807) is 0 Å². The van der Waals surface area contributed by atoms with Gasteiger partial charge in [-0.2, -0.15) is 2.55 Å². The number of ether oxygens (including phenoxy) is 2. The molecule has 1 unspecified atom stereocenters. The lowest BCUT2D eigenvalue weighted by molar-refractivity contribution is -0.167. The van der Waals surface area contributed by atoms with Crippen LogP contribution < -0.4 is 10.6 Å². The maximum Gasteiger partial charge on any atom is 0.309 e. The minimum atomic E-state index is -0.699. The number of thiol groups is 1. The van der Waals surface area contributed by atoms with Crippen molar-refractivity contribution in [3.63, 3.8) is 0 Å². The molecule has 0 rings (SSSR count). The van der Waals surface area contributed by atoms with Gasteiger partial charge in [0, 0.05) is 46.8 Å². The molecular formula is C48H86IN3O7S. The number of rotatable bonds is 44. The lowest BCUT2D eigenvalue weighted by atomic mass is 10.0. The summed E-state index contributed by atoms with van der Waals surface area (Å²) in [6.07, 6.45) is 42.6. The Kier molecular flexibility index (Phi) is 44.8. The fourth-order valence-corrected chi connectivity index (χ4v) is 8.14. The molecule has 60 heavy (non-hydrogen) atoms. The van der Waals surface area contributed by atoms with Crippen LogP contribution in [0.3, 0.4) is 0 Å². The number of Topliss-reactive ketones (excluding diaryl/α,β-unsaturated/α-hetero) is 1. The number of unbranched alkanes of at least 4 members (excludes halogenated alkanes) is 23. The molecule has 0 radical (unpaired) electrons. The zero-order chi connectivity index (χ0) is 44.0. The van der Waals surface area contributed by atoms with Crippen molar-refractivity contribution < 1.29 is 33.4 Å². The number of ketones is 1. The zero-order valence-corrected chi connectivity index (χ0v) is 41.0. The Labute approximate surface area is 381 Å². The fraction of sp³-hybridized carbons (Fsp3) is 0.812. The molecule has 0 aliphatic heterocycles. The third-order valence-electron chi connectivity index (χ3n) is 10.5. The first kappa shape index (κ1) is 57.9. The van der Waals surface area contributed by atoms with E-state index in [1.165, 1.54) is 103 Å². The second kappa shape index (κ2) is 46.4. The smallest absolute Gasteiger partial charge is 0.309 e. The standard InChI is InChI=1S/C48H86IN3O7S/c1-3-5-7-9-11-13-15-17-19-21-23-25-27-29-31-36-46(55)51-43(44(53)41-49-52-60)35-33-34-40-50-45(54)38-39-48(57)59-42-58-47(56)37-32-30-28-26-24-22-20-18-16-14-12-10-8-6-4-2/h17-20,43,60H,3-16,21-42H2,1-2H3,(H,50,54)(H,51,55)/b19-17+,20-18+. The van der Waals surface area contributed by atoms with Gasteiger partial charge in [-0.15, -0.1) is 0 Å². The summed E-state index contributed by atoms with van der Waals surface area (Å²) < 4.78 is 14.2. The first-order valence-corrected chi connectivity index (χ1v) is 26.9. The van der Waals surface area contributed by atoms with Crippen LogP contribution in [0, 0.1) is 0 Å². The maximum absolute atomic E-state index is 12.8. The lowest BCUT2D eigenvalue weighted by Gasteiger charge is -2.17. The Bertz CT molecular complexity index is 1170. The van der Waals surface area contributed by atoms with E-state index in [0.717, 1.165) is 64.2 Å². The first-order valence-electron chi connectivity index (χ1n) is 24.0. The second-order valence-corrected chi connectivity index (χ2v) is 19.0. The minimum absolute atomic E-state index is 0.0187. The minimum Gasteiger partial charge on any atom is -0.428 e. The molecule has 2 amide bonds. The van der Waals surface area contributed by atoms with Gasteiger partial charge < -0.3 is 20.1 Å². The Morgan fingerprint density at radius 2 is 0.983 bits per heavy atom. The molecule has 1 atom stereocenters. The predicted molar refractivity (Wildman–Crippen MR) is 259 cm³/mol. The molecule has 0 saturated carbocycles. The molecule has 0 aliphatic rings. The summed E-state index contributed by atoms with van der Waals surface area (Å²) in [7, 11) is 0. The average Bonchev–Trinajstić information content (AvgIpc) is 3.24. The Hall–Kier alpha value is -2.09. The number of carbonyl (C=O) groups excluding carboxylic acids is 5. The lowest BCUT2D eigenvalue weighted by Crippen LogP contribution is -2.41. The van der Waals surface area contributed by atoms with Crippen molar-refractivity contribution in [1.82, 2.24) is 10.6 Å². The molecule has 0 saturated heterocycles. The van der Waals surface area contributed by atoms with Gasteiger partial charge in [0.1, 0.15) is 0 Å². The van der Waals surface area contributed by atoms with Crippen molar-refractivity contribution in [1.29, 1.82) is 0 Å². The van der Waals surface area contributed by atoms with Gasteiger partial charge in [-0.3, -0.25) is 24.0 Å². The Morgan fingerprint density at radius 3 is 1.48 bits per heavy atom. The van der Waals surface area contributed by atoms with Crippen LogP contribution in [0.2, 0.25) is 0 Å². The molecular weight excluding hydrogens is 890 g/mol. The van der Waals surface area contributed by atoms with Crippen LogP contribution in [-0.2, 0) is 33.4 Å². The van der Waals surface area contributed by atoms with E-state index < -0.39 is 45.8 Å². The average molecular weight is 976 g/mol. The number of nitrogens with one attached hydrogen (secondary N) is 2. The summed E-state index contributed by atoms with van der Waals surface area (Å²) in [5.41, 5.74) is 0. The summed E-state index contributed by atoms with van der Waals surface area (Å²) >= 11 is 3.20. The van der Waals surface area contributed by atoms with Crippen molar-refractivity contribution in [2.24, 2.45) is 2.55 Å². The van der Waals surface area contributed by atoms with Gasteiger partial charge in [0.2, 0.25) is 18.6 Å². The van der Waals surface area contributed by atoms with E-state index in [4.69, 9.17) is 9.47 Å². The number of halogens is 1. The van der Waals surface area contributed by atoms with Crippen molar-refractivity contribution in [3.05, 3.63) is 24.3 Å². The Balaban J connectivity index is 3.96. The monoisotopic (exact) mass is 976 g/mol. The summed E-state index contributed by atoms with van der Waals surface area (Å²) in [4.78, 5) is 61.8. The number of alkyl halides is 1. The molecule has 12 heteroatoms. The van der Waals surface area contributed by atoms with Crippen molar-refractivity contribution in [3.8, 4) is 0 Å². The van der Waals surface area contributed by atoms with E-state index in [1.807, 2.05) is 0 Å². The van der Waals surface area contributed by atoms with E-state index in [9.17, 15) is 24.0 Å².